The van der Waals surface area contributed by atoms with Crippen molar-refractivity contribution < 1.29 is 14.4 Å². The van der Waals surface area contributed by atoms with Gasteiger partial charge in [-0.25, -0.2) is 4.98 Å². The van der Waals surface area contributed by atoms with Crippen molar-refractivity contribution in [2.75, 3.05) is 68.5 Å². The summed E-state index contributed by atoms with van der Waals surface area (Å²) < 4.78 is 2.15. The maximum atomic E-state index is 13.1. The average Bonchev–Trinajstić information content (AvgIpc) is 3.83. The molecule has 0 spiro atoms. The normalized spacial score (nSPS) is 20.8. The van der Waals surface area contributed by atoms with Crippen LogP contribution in [0.25, 0.3) is 11.0 Å². The zero-order valence-corrected chi connectivity index (χ0v) is 30.3. The highest BCUT2D eigenvalue weighted by Crippen LogP contribution is 2.35. The third kappa shape index (κ3) is 6.96. The average molecular weight is 704 g/mol. The number of fused-ring (bicyclic) bond motifs is 1. The Morgan fingerprint density at radius 3 is 2.27 bits per heavy atom. The molecule has 1 unspecified atom stereocenters. The predicted molar refractivity (Wildman–Crippen MR) is 203 cm³/mol. The molecule has 12 nitrogen and oxygen atoms in total. The second-order valence-corrected chi connectivity index (χ2v) is 15.0. The smallest absolute Gasteiger partial charge is 0.270 e. The summed E-state index contributed by atoms with van der Waals surface area (Å²) in [4.78, 5) is 55.9. The summed E-state index contributed by atoms with van der Waals surface area (Å²) in [5.74, 6) is -0.0801. The van der Waals surface area contributed by atoms with Gasteiger partial charge in [0, 0.05) is 101 Å². The van der Waals surface area contributed by atoms with E-state index >= 15 is 0 Å². The van der Waals surface area contributed by atoms with Gasteiger partial charge in [-0.15, -0.1) is 0 Å². The number of nitrogens with one attached hydrogen (secondary N) is 2. The molecule has 1 saturated carbocycles. The molecule has 8 rings (SSSR count). The van der Waals surface area contributed by atoms with Crippen LogP contribution in [0.3, 0.4) is 0 Å². The zero-order valence-electron chi connectivity index (χ0n) is 30.3. The highest BCUT2D eigenvalue weighted by molar-refractivity contribution is 6.01. The summed E-state index contributed by atoms with van der Waals surface area (Å²) in [6.45, 7) is 6.07. The third-order valence-corrected chi connectivity index (χ3v) is 11.6. The van der Waals surface area contributed by atoms with Crippen LogP contribution in [0.5, 0.6) is 0 Å². The molecule has 2 aromatic heterocycles. The van der Waals surface area contributed by atoms with Gasteiger partial charge in [0.05, 0.1) is 5.92 Å². The molecule has 4 aliphatic rings. The molecule has 0 bridgehead atoms. The van der Waals surface area contributed by atoms with Crippen molar-refractivity contribution >= 4 is 51.8 Å². The Hall–Kier alpha value is -4.97. The van der Waals surface area contributed by atoms with E-state index in [1.807, 2.05) is 24.4 Å². The molecule has 1 aliphatic carbocycles. The summed E-state index contributed by atoms with van der Waals surface area (Å²) in [7, 11) is 3.59. The molecule has 4 aromatic rings. The lowest BCUT2D eigenvalue weighted by Crippen LogP contribution is -2.53. The number of carbonyl (C=O) groups is 3. The molecule has 3 saturated heterocycles. The number of aromatic nitrogens is 3. The molecule has 3 aliphatic heterocycles. The van der Waals surface area contributed by atoms with Crippen LogP contribution in [-0.2, 0) is 9.59 Å². The largest absolute Gasteiger partial charge is 0.371 e. The highest BCUT2D eigenvalue weighted by atomic mass is 16.2. The summed E-state index contributed by atoms with van der Waals surface area (Å²) >= 11 is 0. The Labute approximate surface area is 305 Å². The van der Waals surface area contributed by atoms with E-state index in [0.717, 1.165) is 87.2 Å². The molecule has 1 atom stereocenters. The molecule has 4 fully saturated rings. The minimum Gasteiger partial charge on any atom is -0.371 e. The maximum absolute atomic E-state index is 13.1. The number of rotatable bonds is 8. The number of amides is 3. The number of nitrogens with zero attached hydrogens (tertiary/aromatic N) is 7. The van der Waals surface area contributed by atoms with Gasteiger partial charge in [0.25, 0.3) is 5.91 Å². The molecule has 5 heterocycles. The van der Waals surface area contributed by atoms with Gasteiger partial charge in [0.2, 0.25) is 17.8 Å². The molecule has 12 heteroatoms. The van der Waals surface area contributed by atoms with E-state index in [0.29, 0.717) is 30.5 Å². The first-order valence-electron chi connectivity index (χ1n) is 18.9. The number of hydrogen-bond acceptors (Lipinski definition) is 9. The summed E-state index contributed by atoms with van der Waals surface area (Å²) in [5.41, 5.74) is 5.81. The number of hydrogen-bond donors (Lipinski definition) is 2. The van der Waals surface area contributed by atoms with Crippen LogP contribution in [0.1, 0.15) is 79.4 Å². The standard InChI is InChI=1S/C40H49N9O3/c1-45(2)39(52)35-25-28-26-41-40(44-37(28)49(35)32-7-3-4-8-32)42-29-10-12-30(13-11-29)47-20-22-48(23-21-47)31-16-18-46(19-17-31)33-9-5-6-27(24-33)34-14-15-36(50)43-38(34)51/h5-6,9-13,24-26,31-32,34H,3-4,7-8,14-23H2,1-2H3,(H,41,42,44)(H,43,50,51). The van der Waals surface area contributed by atoms with Crippen molar-refractivity contribution in [2.24, 2.45) is 0 Å². The molecule has 2 aromatic carbocycles. The topological polar surface area (TPSA) is 119 Å². The van der Waals surface area contributed by atoms with Gasteiger partial charge in [0.15, 0.2) is 0 Å². The Morgan fingerprint density at radius 2 is 1.56 bits per heavy atom. The van der Waals surface area contributed by atoms with Gasteiger partial charge in [-0.3, -0.25) is 24.6 Å². The number of carbonyl (C=O) groups excluding carboxylic acids is 3. The molecule has 0 radical (unpaired) electrons. The van der Waals surface area contributed by atoms with E-state index in [1.165, 1.54) is 24.2 Å². The van der Waals surface area contributed by atoms with Crippen LogP contribution in [0, 0.1) is 0 Å². The monoisotopic (exact) mass is 703 g/mol. The van der Waals surface area contributed by atoms with Crippen molar-refractivity contribution in [3.63, 3.8) is 0 Å². The lowest BCUT2D eigenvalue weighted by molar-refractivity contribution is -0.134. The Balaban J connectivity index is 0.852. The van der Waals surface area contributed by atoms with Crippen LogP contribution in [-0.4, -0.2) is 101 Å². The summed E-state index contributed by atoms with van der Waals surface area (Å²) in [6, 6.07) is 19.7. The van der Waals surface area contributed by atoms with Crippen LogP contribution in [0.4, 0.5) is 23.0 Å². The van der Waals surface area contributed by atoms with Gasteiger partial charge in [-0.05, 0) is 80.1 Å². The quantitative estimate of drug-likeness (QED) is 0.236. The van der Waals surface area contributed by atoms with Crippen molar-refractivity contribution in [1.82, 2.24) is 29.7 Å². The molecular weight excluding hydrogens is 654 g/mol. The van der Waals surface area contributed by atoms with Crippen molar-refractivity contribution in [2.45, 2.75) is 69.4 Å². The SMILES string of the molecule is CN(C)C(=O)c1cc2cnc(Nc3ccc(N4CCN(C5CCN(c6cccc(C7CCC(=O)NC7=O)c6)CC5)CC4)cc3)nc2n1C1CCCC1. The van der Waals surface area contributed by atoms with Crippen LogP contribution in [0.2, 0.25) is 0 Å². The van der Waals surface area contributed by atoms with Crippen LogP contribution in [0.15, 0.2) is 60.8 Å². The molecule has 3 amide bonds. The molecule has 272 valence electrons. The van der Waals surface area contributed by atoms with E-state index in [-0.39, 0.29) is 29.7 Å². The minimum absolute atomic E-state index is 0.00672. The molecule has 52 heavy (non-hydrogen) atoms. The fourth-order valence-electron chi connectivity index (χ4n) is 8.66. The van der Waals surface area contributed by atoms with Gasteiger partial charge in [-0.1, -0.05) is 25.0 Å². The highest BCUT2D eigenvalue weighted by Gasteiger charge is 2.31. The van der Waals surface area contributed by atoms with Gasteiger partial charge in [0.1, 0.15) is 11.3 Å². The fourth-order valence-corrected chi connectivity index (χ4v) is 8.66. The Bertz CT molecular complexity index is 1940. The number of imide groups is 1. The second-order valence-electron chi connectivity index (χ2n) is 15.0. The predicted octanol–water partition coefficient (Wildman–Crippen LogP) is 5.30. The van der Waals surface area contributed by atoms with Crippen LogP contribution < -0.4 is 20.4 Å². The Morgan fingerprint density at radius 1 is 0.827 bits per heavy atom. The first-order valence-corrected chi connectivity index (χ1v) is 18.9. The van der Waals surface area contributed by atoms with Gasteiger partial charge in [-0.2, -0.15) is 4.98 Å². The number of benzene rings is 2. The van der Waals surface area contributed by atoms with E-state index in [1.54, 1.807) is 19.0 Å². The van der Waals surface area contributed by atoms with Gasteiger partial charge < -0.3 is 24.6 Å². The Kier molecular flexibility index (Phi) is 9.57. The fraction of sp³-hybridized carbons (Fsp3) is 0.475. The van der Waals surface area contributed by atoms with E-state index in [4.69, 9.17) is 4.98 Å². The first kappa shape index (κ1) is 34.1. The number of piperazine rings is 1. The zero-order chi connectivity index (χ0) is 35.8. The first-order chi connectivity index (χ1) is 25.3. The maximum Gasteiger partial charge on any atom is 0.270 e. The lowest BCUT2D eigenvalue weighted by atomic mass is 9.90. The van der Waals surface area contributed by atoms with Crippen molar-refractivity contribution in [3.05, 3.63) is 72.1 Å². The van der Waals surface area contributed by atoms with Crippen LogP contribution >= 0.6 is 0 Å². The van der Waals surface area contributed by atoms with E-state index in [9.17, 15) is 14.4 Å². The molecule has 2 N–H and O–H groups in total. The summed E-state index contributed by atoms with van der Waals surface area (Å²) in [6.07, 6.45) is 9.50. The van der Waals surface area contributed by atoms with Crippen molar-refractivity contribution in [1.29, 1.82) is 0 Å². The van der Waals surface area contributed by atoms with Crippen molar-refractivity contribution in [3.8, 4) is 0 Å². The summed E-state index contributed by atoms with van der Waals surface area (Å²) in [5, 5.41) is 6.79. The minimum atomic E-state index is -0.251. The number of anilines is 4. The van der Waals surface area contributed by atoms with Gasteiger partial charge >= 0.3 is 0 Å². The number of piperidine rings is 2. The lowest BCUT2D eigenvalue weighted by Gasteiger charge is -2.44. The van der Waals surface area contributed by atoms with E-state index in [2.05, 4.69) is 71.3 Å². The molecular formula is C40H49N9O3. The van der Waals surface area contributed by atoms with E-state index < -0.39 is 0 Å². The second kappa shape index (κ2) is 14.6. The third-order valence-electron chi connectivity index (χ3n) is 11.6.